The summed E-state index contributed by atoms with van der Waals surface area (Å²) in [6.07, 6.45) is 8.00. The summed E-state index contributed by atoms with van der Waals surface area (Å²) in [5, 5.41) is 9.89. The number of aromatic nitrogens is 3. The van der Waals surface area contributed by atoms with Crippen LogP contribution in [0, 0.1) is 5.92 Å². The zero-order valence-electron chi connectivity index (χ0n) is 14.3. The van der Waals surface area contributed by atoms with Crippen LogP contribution in [0.25, 0.3) is 11.1 Å². The van der Waals surface area contributed by atoms with Crippen molar-refractivity contribution >= 4 is 5.91 Å². The molecule has 0 saturated carbocycles. The van der Waals surface area contributed by atoms with Gasteiger partial charge in [-0.05, 0) is 41.8 Å². The summed E-state index contributed by atoms with van der Waals surface area (Å²) in [4.78, 5) is 16.8. The van der Waals surface area contributed by atoms with Gasteiger partial charge < -0.3 is 10.1 Å². The van der Waals surface area contributed by atoms with Gasteiger partial charge in [0.15, 0.2) is 0 Å². The maximum Gasteiger partial charge on any atom is 0.251 e. The number of pyridine rings is 1. The van der Waals surface area contributed by atoms with E-state index in [-0.39, 0.29) is 17.9 Å². The van der Waals surface area contributed by atoms with E-state index in [2.05, 4.69) is 20.5 Å². The molecule has 1 aromatic carbocycles. The fourth-order valence-corrected chi connectivity index (χ4v) is 3.28. The van der Waals surface area contributed by atoms with E-state index in [1.165, 1.54) is 5.56 Å². The monoisotopic (exact) mass is 348 g/mol. The molecule has 0 unspecified atom stereocenters. The molecular formula is C20H20N4O2. The number of benzene rings is 1. The number of ether oxygens (including phenoxy) is 1. The van der Waals surface area contributed by atoms with Gasteiger partial charge in [0.2, 0.25) is 0 Å². The van der Waals surface area contributed by atoms with Gasteiger partial charge in [-0.2, -0.15) is 5.10 Å². The molecule has 4 rings (SSSR count). The molecule has 3 aromatic rings. The largest absolute Gasteiger partial charge is 0.379 e. The highest BCUT2D eigenvalue weighted by atomic mass is 16.5. The van der Waals surface area contributed by atoms with Crippen molar-refractivity contribution in [3.8, 4) is 11.1 Å². The number of carbonyl (C=O) groups is 1. The summed E-state index contributed by atoms with van der Waals surface area (Å²) >= 11 is 0. The van der Waals surface area contributed by atoms with Crippen LogP contribution < -0.4 is 5.32 Å². The molecule has 1 aliphatic heterocycles. The first-order valence-electron chi connectivity index (χ1n) is 8.66. The van der Waals surface area contributed by atoms with Gasteiger partial charge in [0.1, 0.15) is 0 Å². The summed E-state index contributed by atoms with van der Waals surface area (Å²) in [7, 11) is 0. The minimum absolute atomic E-state index is 0.00764. The molecule has 1 fully saturated rings. The molecule has 1 amide bonds. The number of aromatic amines is 1. The van der Waals surface area contributed by atoms with Gasteiger partial charge in [0, 0.05) is 35.6 Å². The maximum absolute atomic E-state index is 12.7. The molecule has 132 valence electrons. The quantitative estimate of drug-likeness (QED) is 0.742. The average Bonchev–Trinajstić information content (AvgIpc) is 3.35. The van der Waals surface area contributed by atoms with Crippen LogP contribution in [0.1, 0.15) is 15.9 Å². The van der Waals surface area contributed by atoms with Crippen molar-refractivity contribution in [2.75, 3.05) is 13.2 Å². The van der Waals surface area contributed by atoms with Crippen LogP contribution in [0.15, 0.2) is 61.2 Å². The standard InChI is InChI=1S/C20H20N4O2/c25-20(16-3-1-2-15(9-16)18-10-22-23-11-18)24-19-13-26-12-17(19)8-14-4-6-21-7-5-14/h1-7,9-11,17,19H,8,12-13H2,(H,22,23)(H,24,25)/t17-,19-/m1/s1. The molecule has 6 nitrogen and oxygen atoms in total. The Labute approximate surface area is 151 Å². The van der Waals surface area contributed by atoms with Crippen molar-refractivity contribution in [1.29, 1.82) is 0 Å². The minimum atomic E-state index is -0.0782. The summed E-state index contributed by atoms with van der Waals surface area (Å²) in [5.74, 6) is 0.184. The number of H-pyrrole nitrogens is 1. The first-order valence-corrected chi connectivity index (χ1v) is 8.66. The molecule has 1 saturated heterocycles. The predicted molar refractivity (Wildman–Crippen MR) is 97.5 cm³/mol. The third-order valence-corrected chi connectivity index (χ3v) is 4.72. The Balaban J connectivity index is 1.45. The zero-order valence-corrected chi connectivity index (χ0v) is 14.3. The number of nitrogens with zero attached hydrogens (tertiary/aromatic N) is 2. The van der Waals surface area contributed by atoms with E-state index in [1.54, 1.807) is 18.6 Å². The molecule has 0 aliphatic carbocycles. The summed E-state index contributed by atoms with van der Waals surface area (Å²) in [6.45, 7) is 1.20. The van der Waals surface area contributed by atoms with Crippen molar-refractivity contribution in [2.24, 2.45) is 5.92 Å². The minimum Gasteiger partial charge on any atom is -0.379 e. The van der Waals surface area contributed by atoms with Crippen molar-refractivity contribution in [1.82, 2.24) is 20.5 Å². The lowest BCUT2D eigenvalue weighted by atomic mass is 9.95. The SMILES string of the molecule is O=C(N[C@@H]1COC[C@H]1Cc1ccncc1)c1cccc(-c2cn[nH]c2)c1. The van der Waals surface area contributed by atoms with Crippen molar-refractivity contribution in [3.63, 3.8) is 0 Å². The van der Waals surface area contributed by atoms with Gasteiger partial charge in [0.05, 0.1) is 25.5 Å². The molecular weight excluding hydrogens is 328 g/mol. The van der Waals surface area contributed by atoms with Gasteiger partial charge in [0.25, 0.3) is 5.91 Å². The summed E-state index contributed by atoms with van der Waals surface area (Å²) in [5.41, 5.74) is 3.76. The van der Waals surface area contributed by atoms with Gasteiger partial charge >= 0.3 is 0 Å². The van der Waals surface area contributed by atoms with E-state index in [0.717, 1.165) is 17.5 Å². The highest BCUT2D eigenvalue weighted by molar-refractivity contribution is 5.95. The number of hydrogen-bond donors (Lipinski definition) is 2. The van der Waals surface area contributed by atoms with Gasteiger partial charge in [-0.15, -0.1) is 0 Å². The van der Waals surface area contributed by atoms with Crippen molar-refractivity contribution in [2.45, 2.75) is 12.5 Å². The van der Waals surface area contributed by atoms with E-state index < -0.39 is 0 Å². The number of carbonyl (C=O) groups excluding carboxylic acids is 1. The third-order valence-electron chi connectivity index (χ3n) is 4.72. The number of hydrogen-bond acceptors (Lipinski definition) is 4. The van der Waals surface area contributed by atoms with Crippen molar-refractivity contribution in [3.05, 3.63) is 72.3 Å². The Morgan fingerprint density at radius 3 is 2.88 bits per heavy atom. The molecule has 2 aromatic heterocycles. The first-order chi connectivity index (χ1) is 12.8. The van der Waals surface area contributed by atoms with Gasteiger partial charge in [-0.25, -0.2) is 0 Å². The molecule has 6 heteroatoms. The van der Waals surface area contributed by atoms with Crippen LogP contribution in [-0.2, 0) is 11.2 Å². The zero-order chi connectivity index (χ0) is 17.8. The molecule has 0 radical (unpaired) electrons. The normalized spacial score (nSPS) is 19.4. The lowest BCUT2D eigenvalue weighted by Crippen LogP contribution is -2.40. The molecule has 26 heavy (non-hydrogen) atoms. The molecule has 1 aliphatic rings. The van der Waals surface area contributed by atoms with Gasteiger partial charge in [-0.3, -0.25) is 14.9 Å². The second-order valence-corrected chi connectivity index (χ2v) is 6.50. The van der Waals surface area contributed by atoms with Crippen LogP contribution in [0.3, 0.4) is 0 Å². The van der Waals surface area contributed by atoms with E-state index in [4.69, 9.17) is 4.74 Å². The van der Waals surface area contributed by atoms with Crippen LogP contribution in [0.5, 0.6) is 0 Å². The van der Waals surface area contributed by atoms with Gasteiger partial charge in [-0.1, -0.05) is 12.1 Å². The van der Waals surface area contributed by atoms with E-state index in [0.29, 0.717) is 18.8 Å². The number of rotatable bonds is 5. The smallest absolute Gasteiger partial charge is 0.251 e. The number of amides is 1. The van der Waals surface area contributed by atoms with Crippen molar-refractivity contribution < 1.29 is 9.53 Å². The highest BCUT2D eigenvalue weighted by Crippen LogP contribution is 2.21. The molecule has 2 atom stereocenters. The second-order valence-electron chi connectivity index (χ2n) is 6.50. The lowest BCUT2D eigenvalue weighted by molar-refractivity contribution is 0.0925. The third kappa shape index (κ3) is 3.65. The number of nitrogens with one attached hydrogen (secondary N) is 2. The van der Waals surface area contributed by atoms with E-state index in [9.17, 15) is 4.79 Å². The van der Waals surface area contributed by atoms with E-state index >= 15 is 0 Å². The van der Waals surface area contributed by atoms with Crippen LogP contribution in [0.4, 0.5) is 0 Å². The average molecular weight is 348 g/mol. The lowest BCUT2D eigenvalue weighted by Gasteiger charge is -2.19. The predicted octanol–water partition coefficient (Wildman–Crippen LogP) is 2.46. The highest BCUT2D eigenvalue weighted by Gasteiger charge is 2.30. The Kier molecular flexibility index (Phi) is 4.75. The second kappa shape index (κ2) is 7.49. The fraction of sp³-hybridized carbons (Fsp3) is 0.250. The van der Waals surface area contributed by atoms with Crippen LogP contribution >= 0.6 is 0 Å². The summed E-state index contributed by atoms with van der Waals surface area (Å²) < 4.78 is 5.62. The first kappa shape index (κ1) is 16.5. The molecule has 0 spiro atoms. The Hall–Kier alpha value is -2.99. The summed E-state index contributed by atoms with van der Waals surface area (Å²) in [6, 6.07) is 11.6. The van der Waals surface area contributed by atoms with Crippen LogP contribution in [-0.4, -0.2) is 40.3 Å². The topological polar surface area (TPSA) is 79.9 Å². The Bertz CT molecular complexity index is 865. The maximum atomic E-state index is 12.7. The van der Waals surface area contributed by atoms with Crippen LogP contribution in [0.2, 0.25) is 0 Å². The fourth-order valence-electron chi connectivity index (χ4n) is 3.28. The molecule has 0 bridgehead atoms. The molecule has 3 heterocycles. The van der Waals surface area contributed by atoms with E-state index in [1.807, 2.05) is 42.6 Å². The Morgan fingerprint density at radius 1 is 1.19 bits per heavy atom. The Morgan fingerprint density at radius 2 is 2.08 bits per heavy atom. The molecule has 2 N–H and O–H groups in total.